The van der Waals surface area contributed by atoms with Gasteiger partial charge in [-0.05, 0) is 57.8 Å². The minimum absolute atomic E-state index is 0.152. The van der Waals surface area contributed by atoms with Crippen LogP contribution in [0.25, 0.3) is 0 Å². The number of hydrogen-bond donors (Lipinski definition) is 7. The Kier molecular flexibility index (Phi) is 31.9. The van der Waals surface area contributed by atoms with Gasteiger partial charge in [-0.1, -0.05) is 122 Å². The Morgan fingerprint density at radius 3 is 1.50 bits per heavy atom. The van der Waals surface area contributed by atoms with Gasteiger partial charge in [0.2, 0.25) is 0 Å². The zero-order chi connectivity index (χ0) is 45.4. The lowest BCUT2D eigenvalue weighted by atomic mass is 9.98. The fraction of sp³-hybridized carbons (Fsp3) is 0.872. The molecule has 0 aromatic carbocycles. The van der Waals surface area contributed by atoms with Gasteiger partial charge in [0.25, 0.3) is 0 Å². The van der Waals surface area contributed by atoms with Crippen molar-refractivity contribution in [3.05, 3.63) is 24.3 Å². The van der Waals surface area contributed by atoms with E-state index >= 15 is 0 Å². The number of carbonyl (C=O) groups is 2. The summed E-state index contributed by atoms with van der Waals surface area (Å²) in [5.74, 6) is -0.961. The van der Waals surface area contributed by atoms with Gasteiger partial charge in [-0.2, -0.15) is 0 Å². The largest absolute Gasteiger partial charge is 0.462 e. The Hall–Kier alpha value is -2.02. The third-order valence-electron chi connectivity index (χ3n) is 11.4. The second-order valence-electron chi connectivity index (χ2n) is 16.9. The number of unbranched alkanes of at least 4 members (excludes halogenated alkanes) is 18. The molecular formula is C47H84O15. The monoisotopic (exact) mass is 889 g/mol. The van der Waals surface area contributed by atoms with Gasteiger partial charge in [0, 0.05) is 12.8 Å². The summed E-state index contributed by atoms with van der Waals surface area (Å²) >= 11 is 0. The maximum atomic E-state index is 12.9. The molecule has 15 heteroatoms. The molecule has 0 bridgehead atoms. The number of aliphatic hydroxyl groups is 7. The van der Waals surface area contributed by atoms with Crippen LogP contribution >= 0.6 is 0 Å². The van der Waals surface area contributed by atoms with Crippen molar-refractivity contribution in [2.24, 2.45) is 0 Å². The Morgan fingerprint density at radius 2 is 0.935 bits per heavy atom. The number of carbonyl (C=O) groups excluding carboxylic acids is 2. The smallest absolute Gasteiger partial charge is 0.306 e. The van der Waals surface area contributed by atoms with Gasteiger partial charge in [-0.25, -0.2) is 0 Å². The van der Waals surface area contributed by atoms with E-state index in [1.807, 2.05) is 0 Å². The minimum Gasteiger partial charge on any atom is -0.462 e. The van der Waals surface area contributed by atoms with Crippen LogP contribution in [-0.4, -0.2) is 142 Å². The summed E-state index contributed by atoms with van der Waals surface area (Å²) in [6.45, 7) is 2.50. The van der Waals surface area contributed by atoms with Gasteiger partial charge in [0.1, 0.15) is 55.4 Å². The second kappa shape index (κ2) is 35.3. The van der Waals surface area contributed by atoms with Crippen LogP contribution in [0, 0.1) is 0 Å². The molecule has 2 heterocycles. The maximum absolute atomic E-state index is 12.9. The molecule has 2 aliphatic heterocycles. The lowest BCUT2D eigenvalue weighted by Crippen LogP contribution is -2.61. The highest BCUT2D eigenvalue weighted by Gasteiger charge is 2.47. The molecule has 0 saturated carbocycles. The normalized spacial score (nSPS) is 27.2. The van der Waals surface area contributed by atoms with E-state index < -0.39 is 92.7 Å². The first-order valence-corrected chi connectivity index (χ1v) is 23.9. The van der Waals surface area contributed by atoms with Crippen LogP contribution in [0.4, 0.5) is 0 Å². The zero-order valence-electron chi connectivity index (χ0n) is 37.9. The van der Waals surface area contributed by atoms with Gasteiger partial charge in [0.05, 0.1) is 19.8 Å². The molecule has 362 valence electrons. The van der Waals surface area contributed by atoms with Crippen molar-refractivity contribution in [3.63, 3.8) is 0 Å². The maximum Gasteiger partial charge on any atom is 0.306 e. The molecule has 0 spiro atoms. The van der Waals surface area contributed by atoms with Crippen molar-refractivity contribution in [1.82, 2.24) is 0 Å². The van der Waals surface area contributed by atoms with Gasteiger partial charge < -0.3 is 64.2 Å². The van der Waals surface area contributed by atoms with Crippen molar-refractivity contribution in [3.8, 4) is 0 Å². The predicted molar refractivity (Wildman–Crippen MR) is 234 cm³/mol. The number of rotatable bonds is 36. The highest BCUT2D eigenvalue weighted by Crippen LogP contribution is 2.26. The third-order valence-corrected chi connectivity index (χ3v) is 11.4. The summed E-state index contributed by atoms with van der Waals surface area (Å²) in [4.78, 5) is 25.6. The van der Waals surface area contributed by atoms with Gasteiger partial charge in [-0.15, -0.1) is 0 Å². The molecule has 0 amide bonds. The van der Waals surface area contributed by atoms with E-state index in [0.717, 1.165) is 57.8 Å². The first kappa shape index (κ1) is 56.1. The van der Waals surface area contributed by atoms with Crippen molar-refractivity contribution < 1.29 is 73.8 Å². The van der Waals surface area contributed by atoms with Crippen molar-refractivity contribution in [2.45, 2.75) is 235 Å². The zero-order valence-corrected chi connectivity index (χ0v) is 37.9. The molecule has 0 aromatic heterocycles. The van der Waals surface area contributed by atoms with E-state index in [-0.39, 0.29) is 26.1 Å². The lowest BCUT2D eigenvalue weighted by molar-refractivity contribution is -0.332. The van der Waals surface area contributed by atoms with Crippen LogP contribution in [-0.2, 0) is 38.0 Å². The highest BCUT2D eigenvalue weighted by atomic mass is 16.7. The summed E-state index contributed by atoms with van der Waals surface area (Å²) < 4.78 is 33.4. The van der Waals surface area contributed by atoms with Crippen LogP contribution in [0.5, 0.6) is 0 Å². The molecule has 15 nitrogen and oxygen atoms in total. The SMILES string of the molecule is CCCC/C=C/CCCCCCCC(=O)O[C@H](COC(=O)CCCC/C=C/CCCCCCCCCCC)CO[C@@H]1O[C@H](CO[C@@H]2O[C@H](CO)[C@H](O)C(O)C2O)[C@H](O)C(O)C1O. The highest BCUT2D eigenvalue weighted by molar-refractivity contribution is 5.70. The molecule has 11 atom stereocenters. The Labute approximate surface area is 371 Å². The molecular weight excluding hydrogens is 805 g/mol. The predicted octanol–water partition coefficient (Wildman–Crippen LogP) is 5.60. The van der Waals surface area contributed by atoms with E-state index in [2.05, 4.69) is 38.2 Å². The number of ether oxygens (including phenoxy) is 6. The molecule has 2 fully saturated rings. The lowest BCUT2D eigenvalue weighted by Gasteiger charge is -2.42. The topological polar surface area (TPSA) is 231 Å². The Balaban J connectivity index is 1.84. The number of esters is 2. The Bertz CT molecular complexity index is 1180. The minimum atomic E-state index is -1.77. The van der Waals surface area contributed by atoms with Gasteiger partial charge >= 0.3 is 11.9 Å². The van der Waals surface area contributed by atoms with Crippen LogP contribution < -0.4 is 0 Å². The van der Waals surface area contributed by atoms with Crippen LogP contribution in [0.15, 0.2) is 24.3 Å². The fourth-order valence-corrected chi connectivity index (χ4v) is 7.37. The molecule has 4 unspecified atom stereocenters. The van der Waals surface area contributed by atoms with E-state index in [9.17, 15) is 45.3 Å². The van der Waals surface area contributed by atoms with Crippen LogP contribution in [0.2, 0.25) is 0 Å². The van der Waals surface area contributed by atoms with Crippen LogP contribution in [0.3, 0.4) is 0 Å². The summed E-state index contributed by atoms with van der Waals surface area (Å²) in [7, 11) is 0. The summed E-state index contributed by atoms with van der Waals surface area (Å²) in [6.07, 6.45) is 16.5. The van der Waals surface area contributed by atoms with Crippen molar-refractivity contribution in [2.75, 3.05) is 26.4 Å². The quantitative estimate of drug-likeness (QED) is 0.0231. The molecule has 62 heavy (non-hydrogen) atoms. The number of allylic oxidation sites excluding steroid dienone is 4. The van der Waals surface area contributed by atoms with Gasteiger partial charge in [-0.3, -0.25) is 9.59 Å². The molecule has 2 saturated heterocycles. The molecule has 0 aliphatic carbocycles. The van der Waals surface area contributed by atoms with E-state index in [0.29, 0.717) is 12.8 Å². The second-order valence-corrected chi connectivity index (χ2v) is 16.9. The Morgan fingerprint density at radius 1 is 0.500 bits per heavy atom. The molecule has 7 N–H and O–H groups in total. The van der Waals surface area contributed by atoms with E-state index in [1.54, 1.807) is 0 Å². The standard InChI is InChI=1S/C47H84O15/c1-3-5-7-9-11-13-15-16-17-18-20-21-23-25-27-29-38(49)57-32-35(60-39(50)30-28-26-24-22-19-14-12-10-8-6-4-2)33-58-46-45(56)43(54)41(52)37(62-46)34-59-47-44(55)42(53)40(51)36(31-48)61-47/h10,12,20-21,35-37,40-48,51-56H,3-9,11,13-19,22-34H2,1-2H3/b12-10+,21-20+/t35-,36-,37-,40+,41+,42?,43?,44?,45?,46-,47-/m1/s1. The first-order chi connectivity index (χ1) is 30.0. The molecule has 2 rings (SSSR count). The summed E-state index contributed by atoms with van der Waals surface area (Å²) in [6, 6.07) is 0. The van der Waals surface area contributed by atoms with Crippen LogP contribution in [0.1, 0.15) is 168 Å². The van der Waals surface area contributed by atoms with Crippen molar-refractivity contribution in [1.29, 1.82) is 0 Å². The number of aliphatic hydroxyl groups excluding tert-OH is 7. The van der Waals surface area contributed by atoms with E-state index in [1.165, 1.54) is 70.6 Å². The van der Waals surface area contributed by atoms with Gasteiger partial charge in [0.15, 0.2) is 18.7 Å². The average Bonchev–Trinajstić information content (AvgIpc) is 3.26. The van der Waals surface area contributed by atoms with Crippen molar-refractivity contribution >= 4 is 11.9 Å². The molecule has 0 radical (unpaired) electrons. The van der Waals surface area contributed by atoms with E-state index in [4.69, 9.17) is 28.4 Å². The fourth-order valence-electron chi connectivity index (χ4n) is 7.37. The summed E-state index contributed by atoms with van der Waals surface area (Å²) in [5, 5.41) is 71.9. The number of hydrogen-bond acceptors (Lipinski definition) is 15. The summed E-state index contributed by atoms with van der Waals surface area (Å²) in [5.41, 5.74) is 0. The first-order valence-electron chi connectivity index (χ1n) is 23.9. The third kappa shape index (κ3) is 23.8. The molecule has 0 aromatic rings. The average molecular weight is 889 g/mol. The molecule has 2 aliphatic rings.